The van der Waals surface area contributed by atoms with Crippen LogP contribution in [0.2, 0.25) is 0 Å². The molecule has 0 rings (SSSR count). The highest BCUT2D eigenvalue weighted by Crippen LogP contribution is 2.06. The van der Waals surface area contributed by atoms with Crippen molar-refractivity contribution in [2.75, 3.05) is 19.8 Å². The van der Waals surface area contributed by atoms with Gasteiger partial charge in [0, 0.05) is 25.3 Å². The molecule has 0 saturated carbocycles. The van der Waals surface area contributed by atoms with Crippen LogP contribution in [-0.4, -0.2) is 36.7 Å². The van der Waals surface area contributed by atoms with Crippen LogP contribution in [0, 0.1) is 0 Å². The first-order chi connectivity index (χ1) is 7.09. The molecule has 0 aromatic heterocycles. The van der Waals surface area contributed by atoms with Crippen LogP contribution in [0.3, 0.4) is 0 Å². The van der Waals surface area contributed by atoms with E-state index in [4.69, 9.17) is 4.74 Å². The van der Waals surface area contributed by atoms with Crippen molar-refractivity contribution >= 4 is 0 Å². The van der Waals surface area contributed by atoms with Gasteiger partial charge in [-0.3, -0.25) is 4.90 Å². The largest absolute Gasteiger partial charge is 0.381 e. The minimum Gasteiger partial charge on any atom is -0.381 e. The monoisotopic (exact) mass is 215 g/mol. The van der Waals surface area contributed by atoms with E-state index in [1.54, 1.807) is 0 Å². The molecule has 0 aliphatic carbocycles. The maximum absolute atomic E-state index is 5.47. The third kappa shape index (κ3) is 7.80. The van der Waals surface area contributed by atoms with E-state index in [0.29, 0.717) is 12.1 Å². The van der Waals surface area contributed by atoms with Crippen molar-refractivity contribution < 1.29 is 4.74 Å². The summed E-state index contributed by atoms with van der Waals surface area (Å²) in [6.45, 7) is 14.3. The molecule has 0 aliphatic rings. The van der Waals surface area contributed by atoms with E-state index in [9.17, 15) is 0 Å². The molecule has 0 unspecified atom stereocenters. The van der Waals surface area contributed by atoms with Gasteiger partial charge in [-0.1, -0.05) is 6.92 Å². The van der Waals surface area contributed by atoms with Crippen LogP contribution in [0.15, 0.2) is 0 Å². The molecule has 15 heavy (non-hydrogen) atoms. The van der Waals surface area contributed by atoms with Crippen LogP contribution in [0.1, 0.15) is 53.9 Å². The van der Waals surface area contributed by atoms with Crippen molar-refractivity contribution in [1.29, 1.82) is 0 Å². The Labute approximate surface area is 96.0 Å². The molecule has 0 aromatic rings. The minimum atomic E-state index is 0.654. The highest BCUT2D eigenvalue weighted by molar-refractivity contribution is 4.66. The lowest BCUT2D eigenvalue weighted by molar-refractivity contribution is 0.120. The molecular formula is C13H29NO. The van der Waals surface area contributed by atoms with Crippen LogP contribution in [-0.2, 0) is 4.74 Å². The van der Waals surface area contributed by atoms with E-state index in [1.807, 2.05) is 0 Å². The Bertz CT molecular complexity index is 126. The molecule has 0 fully saturated rings. The van der Waals surface area contributed by atoms with Gasteiger partial charge in [0.2, 0.25) is 0 Å². The third-order valence-corrected chi connectivity index (χ3v) is 2.63. The third-order valence-electron chi connectivity index (χ3n) is 2.63. The molecule has 0 spiro atoms. The molecule has 0 amide bonds. The summed E-state index contributed by atoms with van der Waals surface area (Å²) in [5.74, 6) is 0. The van der Waals surface area contributed by atoms with Crippen molar-refractivity contribution in [2.45, 2.75) is 66.0 Å². The fourth-order valence-electron chi connectivity index (χ4n) is 1.86. The molecule has 0 bridgehead atoms. The molecule has 0 heterocycles. The first-order valence-corrected chi connectivity index (χ1v) is 6.43. The maximum Gasteiger partial charge on any atom is 0.0466 e. The van der Waals surface area contributed by atoms with Gasteiger partial charge in [0.05, 0.1) is 0 Å². The predicted molar refractivity (Wildman–Crippen MR) is 67.3 cm³/mol. The second kappa shape index (κ2) is 9.17. The van der Waals surface area contributed by atoms with E-state index in [0.717, 1.165) is 19.6 Å². The first kappa shape index (κ1) is 14.9. The van der Waals surface area contributed by atoms with Gasteiger partial charge in [0.25, 0.3) is 0 Å². The van der Waals surface area contributed by atoms with E-state index < -0.39 is 0 Å². The summed E-state index contributed by atoms with van der Waals surface area (Å²) >= 11 is 0. The maximum atomic E-state index is 5.47. The topological polar surface area (TPSA) is 12.5 Å². The normalized spacial score (nSPS) is 12.0. The van der Waals surface area contributed by atoms with Gasteiger partial charge in [0.15, 0.2) is 0 Å². The van der Waals surface area contributed by atoms with Crippen LogP contribution in [0.25, 0.3) is 0 Å². The van der Waals surface area contributed by atoms with Crippen molar-refractivity contribution in [3.8, 4) is 0 Å². The van der Waals surface area contributed by atoms with Gasteiger partial charge in [-0.05, 0) is 53.5 Å². The quantitative estimate of drug-likeness (QED) is 0.547. The Kier molecular flexibility index (Phi) is 9.12. The smallest absolute Gasteiger partial charge is 0.0466 e. The number of ether oxygens (including phenoxy) is 1. The lowest BCUT2D eigenvalue weighted by Gasteiger charge is -2.30. The molecule has 0 saturated heterocycles. The van der Waals surface area contributed by atoms with E-state index in [2.05, 4.69) is 39.5 Å². The number of hydrogen-bond donors (Lipinski definition) is 0. The zero-order valence-electron chi connectivity index (χ0n) is 11.3. The Morgan fingerprint density at radius 1 is 0.933 bits per heavy atom. The Hall–Kier alpha value is -0.0800. The second-order valence-electron chi connectivity index (χ2n) is 4.74. The van der Waals surface area contributed by atoms with E-state index >= 15 is 0 Å². The molecule has 0 aliphatic heterocycles. The minimum absolute atomic E-state index is 0.654. The summed E-state index contributed by atoms with van der Waals surface area (Å²) in [7, 11) is 0. The summed E-state index contributed by atoms with van der Waals surface area (Å²) in [5, 5.41) is 0. The standard InChI is InChI=1S/C13H29NO/c1-6-10-15-11-8-7-9-14(12(2)3)13(4)5/h12-13H,6-11H2,1-5H3. The van der Waals surface area contributed by atoms with E-state index in [1.165, 1.54) is 19.4 Å². The van der Waals surface area contributed by atoms with Gasteiger partial charge < -0.3 is 4.74 Å². The van der Waals surface area contributed by atoms with Crippen molar-refractivity contribution in [1.82, 2.24) is 4.90 Å². The summed E-state index contributed by atoms with van der Waals surface area (Å²) in [6, 6.07) is 1.31. The van der Waals surface area contributed by atoms with Crippen molar-refractivity contribution in [2.24, 2.45) is 0 Å². The first-order valence-electron chi connectivity index (χ1n) is 6.43. The van der Waals surface area contributed by atoms with Crippen LogP contribution >= 0.6 is 0 Å². The molecular weight excluding hydrogens is 186 g/mol. The Morgan fingerprint density at radius 2 is 1.53 bits per heavy atom. The number of hydrogen-bond acceptors (Lipinski definition) is 2. The summed E-state index contributed by atoms with van der Waals surface area (Å²) < 4.78 is 5.47. The zero-order chi connectivity index (χ0) is 11.7. The average Bonchev–Trinajstić information content (AvgIpc) is 2.15. The molecule has 2 nitrogen and oxygen atoms in total. The highest BCUT2D eigenvalue weighted by Gasteiger charge is 2.11. The average molecular weight is 215 g/mol. The number of rotatable bonds is 9. The fraction of sp³-hybridized carbons (Fsp3) is 1.00. The Morgan fingerprint density at radius 3 is 2.00 bits per heavy atom. The van der Waals surface area contributed by atoms with Gasteiger partial charge in [-0.25, -0.2) is 0 Å². The van der Waals surface area contributed by atoms with Crippen molar-refractivity contribution in [3.63, 3.8) is 0 Å². The number of nitrogens with zero attached hydrogens (tertiary/aromatic N) is 1. The predicted octanol–water partition coefficient (Wildman–Crippen LogP) is 3.31. The van der Waals surface area contributed by atoms with Crippen LogP contribution < -0.4 is 0 Å². The summed E-state index contributed by atoms with van der Waals surface area (Å²) in [5.41, 5.74) is 0. The molecule has 0 atom stereocenters. The van der Waals surface area contributed by atoms with Gasteiger partial charge in [-0.15, -0.1) is 0 Å². The highest BCUT2D eigenvalue weighted by atomic mass is 16.5. The van der Waals surface area contributed by atoms with Gasteiger partial charge in [0.1, 0.15) is 0 Å². The van der Waals surface area contributed by atoms with Gasteiger partial charge >= 0.3 is 0 Å². The molecule has 0 aromatic carbocycles. The Balaban J connectivity index is 3.46. The molecule has 92 valence electrons. The molecule has 0 N–H and O–H groups in total. The summed E-state index contributed by atoms with van der Waals surface area (Å²) in [6.07, 6.45) is 3.57. The SMILES string of the molecule is CCCOCCCCN(C(C)C)C(C)C. The van der Waals surface area contributed by atoms with E-state index in [-0.39, 0.29) is 0 Å². The van der Waals surface area contributed by atoms with Gasteiger partial charge in [-0.2, -0.15) is 0 Å². The summed E-state index contributed by atoms with van der Waals surface area (Å²) in [4.78, 5) is 2.54. The zero-order valence-corrected chi connectivity index (χ0v) is 11.3. The lowest BCUT2D eigenvalue weighted by atomic mass is 10.2. The lowest BCUT2D eigenvalue weighted by Crippen LogP contribution is -2.37. The van der Waals surface area contributed by atoms with Crippen LogP contribution in [0.4, 0.5) is 0 Å². The fourth-order valence-corrected chi connectivity index (χ4v) is 1.86. The molecule has 0 radical (unpaired) electrons. The van der Waals surface area contributed by atoms with Crippen LogP contribution in [0.5, 0.6) is 0 Å². The van der Waals surface area contributed by atoms with Crippen molar-refractivity contribution in [3.05, 3.63) is 0 Å². The molecule has 2 heteroatoms. The number of unbranched alkanes of at least 4 members (excludes halogenated alkanes) is 1. The second-order valence-corrected chi connectivity index (χ2v) is 4.74.